The van der Waals surface area contributed by atoms with Gasteiger partial charge in [0, 0.05) is 40.9 Å². The Morgan fingerprint density at radius 1 is 1.24 bits per heavy atom. The molecular formula is C25H31N4O4S-. The number of amides is 1. The number of hydrogen-bond donors (Lipinski definition) is 4. The van der Waals surface area contributed by atoms with Crippen molar-refractivity contribution in [1.82, 2.24) is 10.3 Å². The van der Waals surface area contributed by atoms with Crippen LogP contribution in [0.2, 0.25) is 0 Å². The number of carbonyl (C=O) groups excluding carboxylic acids is 1. The molecule has 1 aliphatic rings. The van der Waals surface area contributed by atoms with Crippen molar-refractivity contribution >= 4 is 33.3 Å². The maximum absolute atomic E-state index is 12.3. The molecule has 0 aliphatic carbocycles. The number of aliphatic hydroxyl groups excluding tert-OH is 1. The van der Waals surface area contributed by atoms with Crippen LogP contribution in [0, 0.1) is 4.78 Å². The first-order chi connectivity index (χ1) is 16.0. The van der Waals surface area contributed by atoms with Gasteiger partial charge in [0.25, 0.3) is 0 Å². The number of alkyl carbamates (subject to hydrolysis) is 1. The Morgan fingerprint density at radius 3 is 2.65 bits per heavy atom. The average Bonchev–Trinajstić information content (AvgIpc) is 3.35. The molecule has 8 nitrogen and oxygen atoms in total. The van der Waals surface area contributed by atoms with E-state index in [2.05, 4.69) is 16.4 Å². The van der Waals surface area contributed by atoms with E-state index in [0.29, 0.717) is 13.1 Å². The van der Waals surface area contributed by atoms with E-state index in [1.165, 1.54) is 0 Å². The summed E-state index contributed by atoms with van der Waals surface area (Å²) < 4.78 is 24.8. The third-order valence-corrected chi connectivity index (χ3v) is 6.88. The van der Waals surface area contributed by atoms with Crippen molar-refractivity contribution in [2.24, 2.45) is 0 Å². The fourth-order valence-electron chi connectivity index (χ4n) is 4.22. The van der Waals surface area contributed by atoms with Crippen molar-refractivity contribution in [3.05, 3.63) is 54.1 Å². The van der Waals surface area contributed by atoms with Gasteiger partial charge in [-0.3, -0.25) is 0 Å². The predicted molar refractivity (Wildman–Crippen MR) is 134 cm³/mol. The zero-order chi connectivity index (χ0) is 24.6. The third-order valence-electron chi connectivity index (χ3n) is 5.96. The number of para-hydroxylation sites is 1. The highest BCUT2D eigenvalue weighted by molar-refractivity contribution is 7.73. The van der Waals surface area contributed by atoms with Crippen LogP contribution in [0.25, 0.3) is 22.2 Å². The van der Waals surface area contributed by atoms with Gasteiger partial charge in [-0.25, -0.2) is 4.79 Å². The molecule has 1 amide bonds. The van der Waals surface area contributed by atoms with Gasteiger partial charge >= 0.3 is 6.09 Å². The van der Waals surface area contributed by atoms with Crippen LogP contribution >= 0.6 is 0 Å². The van der Waals surface area contributed by atoms with E-state index in [-0.39, 0.29) is 0 Å². The lowest BCUT2D eigenvalue weighted by Crippen LogP contribution is -2.45. The van der Waals surface area contributed by atoms with Crippen molar-refractivity contribution in [2.45, 2.75) is 50.7 Å². The van der Waals surface area contributed by atoms with Crippen LogP contribution in [0.15, 0.2) is 48.5 Å². The van der Waals surface area contributed by atoms with E-state index in [1.54, 1.807) is 27.7 Å². The smallest absolute Gasteiger partial charge is 0.408 e. The Kier molecular flexibility index (Phi) is 6.60. The lowest BCUT2D eigenvalue weighted by atomic mass is 10.0. The third kappa shape index (κ3) is 5.20. The van der Waals surface area contributed by atoms with Gasteiger partial charge in [0.15, 0.2) is 0 Å². The number of aromatic nitrogens is 1. The number of carbonyl (C=O) groups is 1. The van der Waals surface area contributed by atoms with E-state index >= 15 is 0 Å². The van der Waals surface area contributed by atoms with E-state index < -0.39 is 39.7 Å². The van der Waals surface area contributed by atoms with Crippen molar-refractivity contribution in [3.63, 3.8) is 0 Å². The Hall–Kier alpha value is -3.04. The molecule has 182 valence electrons. The summed E-state index contributed by atoms with van der Waals surface area (Å²) in [7, 11) is -1.75. The van der Waals surface area contributed by atoms with Crippen molar-refractivity contribution in [2.75, 3.05) is 18.0 Å². The molecule has 0 unspecified atom stereocenters. The predicted octanol–water partition coefficient (Wildman–Crippen LogP) is 4.70. The summed E-state index contributed by atoms with van der Waals surface area (Å²) >= 11 is 0. The van der Waals surface area contributed by atoms with Crippen LogP contribution in [0.3, 0.4) is 0 Å². The second-order valence-corrected chi connectivity index (χ2v) is 11.0. The molecule has 4 rings (SSSR count). The molecule has 9 heteroatoms. The molecule has 2 heterocycles. The van der Waals surface area contributed by atoms with Crippen LogP contribution in [0.5, 0.6) is 0 Å². The van der Waals surface area contributed by atoms with Gasteiger partial charge < -0.3 is 34.0 Å². The number of aromatic amines is 1. The molecule has 34 heavy (non-hydrogen) atoms. The number of hydrogen-bond acceptors (Lipinski definition) is 7. The highest BCUT2D eigenvalue weighted by Gasteiger charge is 2.34. The number of aliphatic hydroxyl groups is 1. The summed E-state index contributed by atoms with van der Waals surface area (Å²) in [6.45, 7) is 7.91. The number of benzene rings is 2. The monoisotopic (exact) mass is 483 g/mol. The molecule has 3 aromatic rings. The Morgan fingerprint density at radius 2 is 1.97 bits per heavy atom. The molecule has 0 saturated carbocycles. The summed E-state index contributed by atoms with van der Waals surface area (Å²) in [5.74, 6) is 0. The summed E-state index contributed by atoms with van der Waals surface area (Å²) in [5, 5.41) is 14.1. The second-order valence-electron chi connectivity index (χ2n) is 9.71. The standard InChI is InChI=1S/C25H31N4O4S/c1-15(34(26)32)16-9-10-22(18(11-16)20-12-17-7-5-6-8-19(17)27-20)29-13-21(23(30)14-29)28-24(31)33-25(2,3)4/h5-12,15,21,23,26-27,30H,13-14H2,1-4H3,(H,28,31)/q-1/t15-,21-,23-/m1/s1. The maximum Gasteiger partial charge on any atom is 0.408 e. The minimum Gasteiger partial charge on any atom is -0.444 e. The van der Waals surface area contributed by atoms with Gasteiger partial charge in [-0.2, -0.15) is 10.6 Å². The zero-order valence-electron chi connectivity index (χ0n) is 19.8. The molecule has 2 aromatic carbocycles. The van der Waals surface area contributed by atoms with Gasteiger partial charge in [0.05, 0.1) is 12.1 Å². The molecular weight excluding hydrogens is 452 g/mol. The number of fused-ring (bicyclic) bond motifs is 1. The zero-order valence-corrected chi connectivity index (χ0v) is 20.6. The topological polar surface area (TPSA) is 119 Å². The lowest BCUT2D eigenvalue weighted by molar-refractivity contribution is 0.0461. The first-order valence-corrected chi connectivity index (χ1v) is 12.5. The summed E-state index contributed by atoms with van der Waals surface area (Å²) in [6, 6.07) is 15.3. The van der Waals surface area contributed by atoms with Gasteiger partial charge in [0.2, 0.25) is 0 Å². The largest absolute Gasteiger partial charge is 0.444 e. The molecule has 0 spiro atoms. The second kappa shape index (κ2) is 9.31. The normalized spacial score (nSPS) is 19.5. The summed E-state index contributed by atoms with van der Waals surface area (Å²) in [5.41, 5.74) is 3.83. The quantitative estimate of drug-likeness (QED) is 0.393. The molecule has 1 saturated heterocycles. The maximum atomic E-state index is 12.3. The van der Waals surface area contributed by atoms with Crippen LogP contribution in [0.1, 0.15) is 38.5 Å². The minimum atomic E-state index is -1.75. The van der Waals surface area contributed by atoms with Crippen molar-refractivity contribution < 1.29 is 18.8 Å². The molecule has 3 atom stereocenters. The van der Waals surface area contributed by atoms with Crippen molar-refractivity contribution in [3.8, 4) is 11.3 Å². The minimum absolute atomic E-state index is 0.340. The molecule has 0 bridgehead atoms. The van der Waals surface area contributed by atoms with Crippen LogP contribution in [-0.2, 0) is 19.5 Å². The Labute approximate surface area is 201 Å². The highest BCUT2D eigenvalue weighted by Crippen LogP contribution is 2.36. The highest BCUT2D eigenvalue weighted by atomic mass is 32.2. The number of β-amino-alcohol motifs (C(OH)–C–C–N with tert-alkyl or cyclic N) is 1. The Bertz CT molecular complexity index is 1240. The lowest BCUT2D eigenvalue weighted by Gasteiger charge is -2.24. The number of nitrogens with zero attached hydrogens (tertiary/aromatic N) is 1. The number of rotatable bonds is 5. The van der Waals surface area contributed by atoms with Crippen LogP contribution in [0.4, 0.5) is 10.5 Å². The van der Waals surface area contributed by atoms with E-state index in [0.717, 1.165) is 33.4 Å². The fraction of sp³-hybridized carbons (Fsp3) is 0.400. The van der Waals surface area contributed by atoms with E-state index in [9.17, 15) is 14.1 Å². The number of nitrogens with one attached hydrogen (secondary N) is 3. The number of anilines is 1. The SMILES string of the molecule is C[C@H](c1ccc(N2C[C@@H](O)[C@H](NC(=O)OC(C)(C)C)C2)c(-c2cc3ccccc3[nH]2)c1)[S-](=N)=O. The molecule has 1 aliphatic heterocycles. The molecule has 4 N–H and O–H groups in total. The van der Waals surface area contributed by atoms with E-state index in [1.807, 2.05) is 47.4 Å². The summed E-state index contributed by atoms with van der Waals surface area (Å²) in [4.78, 5) is 17.7. The van der Waals surface area contributed by atoms with E-state index in [4.69, 9.17) is 9.52 Å². The fourth-order valence-corrected chi connectivity index (χ4v) is 4.62. The van der Waals surface area contributed by atoms with Crippen LogP contribution < -0.4 is 10.2 Å². The van der Waals surface area contributed by atoms with Gasteiger partial charge in [-0.15, -0.1) is 0 Å². The molecule has 1 fully saturated rings. The van der Waals surface area contributed by atoms with Gasteiger partial charge in [-0.1, -0.05) is 42.0 Å². The summed E-state index contributed by atoms with van der Waals surface area (Å²) in [6.07, 6.45) is -1.32. The van der Waals surface area contributed by atoms with Gasteiger partial charge in [-0.05, 0) is 45.0 Å². The van der Waals surface area contributed by atoms with Crippen LogP contribution in [-0.4, -0.2) is 47.0 Å². The van der Waals surface area contributed by atoms with Crippen molar-refractivity contribution in [1.29, 1.82) is 4.78 Å². The van der Waals surface area contributed by atoms with Gasteiger partial charge in [0.1, 0.15) is 5.60 Å². The average molecular weight is 484 g/mol. The first kappa shape index (κ1) is 24.1. The molecule has 1 aromatic heterocycles. The molecule has 0 radical (unpaired) electrons. The first-order valence-electron chi connectivity index (χ1n) is 11.3. The number of H-pyrrole nitrogens is 1. The Balaban J connectivity index is 1.68. The number of ether oxygens (including phenoxy) is 1.